The van der Waals surface area contributed by atoms with E-state index in [0.717, 1.165) is 12.0 Å². The fraction of sp³-hybridized carbons (Fsp3) is 0.250. The molecule has 0 aliphatic carbocycles. The molecular weight excluding hydrogens is 156 g/mol. The molecule has 64 valence electrons. The molecule has 0 bridgehead atoms. The first-order valence-electron chi connectivity index (χ1n) is 3.67. The van der Waals surface area contributed by atoms with E-state index in [-0.39, 0.29) is 6.29 Å². The van der Waals surface area contributed by atoms with Gasteiger partial charge in [-0.2, -0.15) is 0 Å². The SMILES string of the molecule is O=CC(=O)NCCc1cc[nH]c1. The summed E-state index contributed by atoms with van der Waals surface area (Å²) in [7, 11) is 0. The smallest absolute Gasteiger partial charge is 0.284 e. The first kappa shape index (κ1) is 8.52. The predicted octanol–water partition coefficient (Wildman–Crippen LogP) is -0.128. The molecule has 12 heavy (non-hydrogen) atoms. The Labute approximate surface area is 70.0 Å². The third-order valence-corrected chi connectivity index (χ3v) is 1.48. The lowest BCUT2D eigenvalue weighted by molar-refractivity contribution is -0.131. The molecular formula is C8H10N2O2. The van der Waals surface area contributed by atoms with Crippen LogP contribution >= 0.6 is 0 Å². The summed E-state index contributed by atoms with van der Waals surface area (Å²) in [6.45, 7) is 0.495. The molecule has 0 saturated heterocycles. The number of H-pyrrole nitrogens is 1. The topological polar surface area (TPSA) is 62.0 Å². The number of carbonyl (C=O) groups is 2. The molecule has 1 amide bonds. The van der Waals surface area contributed by atoms with E-state index >= 15 is 0 Å². The molecule has 1 aromatic rings. The minimum absolute atomic E-state index is 0.275. The highest BCUT2D eigenvalue weighted by atomic mass is 16.2. The van der Waals surface area contributed by atoms with Crippen LogP contribution in [0.15, 0.2) is 18.5 Å². The van der Waals surface area contributed by atoms with E-state index in [1.54, 1.807) is 0 Å². The maximum absolute atomic E-state index is 10.5. The minimum Gasteiger partial charge on any atom is -0.367 e. The lowest BCUT2D eigenvalue weighted by atomic mass is 10.2. The van der Waals surface area contributed by atoms with Gasteiger partial charge in [0.05, 0.1) is 0 Å². The van der Waals surface area contributed by atoms with E-state index in [4.69, 9.17) is 0 Å². The van der Waals surface area contributed by atoms with Gasteiger partial charge in [-0.05, 0) is 18.1 Å². The highest BCUT2D eigenvalue weighted by Gasteiger charge is 1.96. The molecule has 4 nitrogen and oxygen atoms in total. The van der Waals surface area contributed by atoms with Crippen LogP contribution in [0.2, 0.25) is 0 Å². The van der Waals surface area contributed by atoms with Gasteiger partial charge in [-0.1, -0.05) is 0 Å². The average Bonchev–Trinajstić information content (AvgIpc) is 2.57. The van der Waals surface area contributed by atoms with Gasteiger partial charge in [-0.25, -0.2) is 0 Å². The summed E-state index contributed by atoms with van der Waals surface area (Å²) < 4.78 is 0. The van der Waals surface area contributed by atoms with Crippen LogP contribution in [0.5, 0.6) is 0 Å². The largest absolute Gasteiger partial charge is 0.367 e. The van der Waals surface area contributed by atoms with Crippen molar-refractivity contribution in [3.05, 3.63) is 24.0 Å². The van der Waals surface area contributed by atoms with Crippen LogP contribution in [0.3, 0.4) is 0 Å². The molecule has 1 rings (SSSR count). The van der Waals surface area contributed by atoms with Crippen molar-refractivity contribution < 1.29 is 9.59 Å². The van der Waals surface area contributed by atoms with Gasteiger partial charge in [0.15, 0.2) is 0 Å². The molecule has 0 atom stereocenters. The molecule has 0 aromatic carbocycles. The summed E-state index contributed by atoms with van der Waals surface area (Å²) in [6.07, 6.45) is 4.68. The van der Waals surface area contributed by atoms with Crippen LogP contribution in [0.1, 0.15) is 5.56 Å². The van der Waals surface area contributed by atoms with Crippen molar-refractivity contribution in [2.75, 3.05) is 6.54 Å². The van der Waals surface area contributed by atoms with Crippen molar-refractivity contribution in [1.29, 1.82) is 0 Å². The van der Waals surface area contributed by atoms with Gasteiger partial charge >= 0.3 is 0 Å². The highest BCUT2D eigenvalue weighted by molar-refractivity contribution is 6.23. The number of aromatic amines is 1. The number of nitrogens with one attached hydrogen (secondary N) is 2. The first-order chi connectivity index (χ1) is 5.83. The number of aldehydes is 1. The van der Waals surface area contributed by atoms with Crippen molar-refractivity contribution in [1.82, 2.24) is 10.3 Å². The lowest BCUT2D eigenvalue weighted by Crippen LogP contribution is -2.26. The van der Waals surface area contributed by atoms with Crippen LogP contribution in [-0.4, -0.2) is 23.7 Å². The van der Waals surface area contributed by atoms with E-state index in [2.05, 4.69) is 10.3 Å². The Morgan fingerprint density at radius 2 is 2.50 bits per heavy atom. The van der Waals surface area contributed by atoms with Crippen LogP contribution in [0.25, 0.3) is 0 Å². The van der Waals surface area contributed by atoms with Crippen molar-refractivity contribution in [3.63, 3.8) is 0 Å². The van der Waals surface area contributed by atoms with E-state index in [1.807, 2.05) is 18.5 Å². The normalized spacial score (nSPS) is 9.33. The molecule has 0 aliphatic rings. The van der Waals surface area contributed by atoms with Gasteiger partial charge in [-0.3, -0.25) is 9.59 Å². The second kappa shape index (κ2) is 4.33. The van der Waals surface area contributed by atoms with Crippen molar-refractivity contribution in [2.45, 2.75) is 6.42 Å². The molecule has 0 saturated carbocycles. The molecule has 0 radical (unpaired) electrons. The number of aromatic nitrogens is 1. The number of hydrogen-bond donors (Lipinski definition) is 2. The van der Waals surface area contributed by atoms with Crippen LogP contribution in [-0.2, 0) is 16.0 Å². The molecule has 0 unspecified atom stereocenters. The summed E-state index contributed by atoms with van der Waals surface area (Å²) in [5.74, 6) is -0.564. The second-order valence-electron chi connectivity index (χ2n) is 2.38. The van der Waals surface area contributed by atoms with Crippen molar-refractivity contribution >= 4 is 12.2 Å². The van der Waals surface area contributed by atoms with Gasteiger partial charge in [0.25, 0.3) is 5.91 Å². The number of amides is 1. The maximum atomic E-state index is 10.5. The molecule has 2 N–H and O–H groups in total. The zero-order valence-electron chi connectivity index (χ0n) is 6.54. The lowest BCUT2D eigenvalue weighted by Gasteiger charge is -1.97. The standard InChI is InChI=1S/C8H10N2O2/c11-6-8(12)10-4-2-7-1-3-9-5-7/h1,3,5-6,9H,2,4H2,(H,10,12). The van der Waals surface area contributed by atoms with E-state index in [9.17, 15) is 9.59 Å². The molecule has 0 aliphatic heterocycles. The van der Waals surface area contributed by atoms with Crippen molar-refractivity contribution in [2.24, 2.45) is 0 Å². The van der Waals surface area contributed by atoms with Crippen molar-refractivity contribution in [3.8, 4) is 0 Å². The summed E-state index contributed by atoms with van der Waals surface area (Å²) >= 11 is 0. The Morgan fingerprint density at radius 1 is 1.67 bits per heavy atom. The molecule has 4 heteroatoms. The summed E-state index contributed by atoms with van der Waals surface area (Å²) in [5.41, 5.74) is 1.11. The van der Waals surface area contributed by atoms with Gasteiger partial charge in [-0.15, -0.1) is 0 Å². The Kier molecular flexibility index (Phi) is 3.07. The Hall–Kier alpha value is -1.58. The first-order valence-corrected chi connectivity index (χ1v) is 3.67. The van der Waals surface area contributed by atoms with E-state index in [1.165, 1.54) is 0 Å². The van der Waals surface area contributed by atoms with E-state index in [0.29, 0.717) is 6.54 Å². The van der Waals surface area contributed by atoms with Gasteiger partial charge in [0.2, 0.25) is 6.29 Å². The van der Waals surface area contributed by atoms with Crippen LogP contribution in [0, 0.1) is 0 Å². The second-order valence-corrected chi connectivity index (χ2v) is 2.38. The van der Waals surface area contributed by atoms with Crippen LogP contribution in [0.4, 0.5) is 0 Å². The number of rotatable bonds is 4. The maximum Gasteiger partial charge on any atom is 0.284 e. The Morgan fingerprint density at radius 3 is 3.08 bits per heavy atom. The molecule has 1 aromatic heterocycles. The third-order valence-electron chi connectivity index (χ3n) is 1.48. The summed E-state index contributed by atoms with van der Waals surface area (Å²) in [5, 5.41) is 2.45. The summed E-state index contributed by atoms with van der Waals surface area (Å²) in [4.78, 5) is 23.2. The van der Waals surface area contributed by atoms with Gasteiger partial charge < -0.3 is 10.3 Å². The number of carbonyl (C=O) groups excluding carboxylic acids is 2. The monoisotopic (exact) mass is 166 g/mol. The number of hydrogen-bond acceptors (Lipinski definition) is 2. The zero-order chi connectivity index (χ0) is 8.81. The van der Waals surface area contributed by atoms with Crippen LogP contribution < -0.4 is 5.32 Å². The Balaban J connectivity index is 2.19. The average molecular weight is 166 g/mol. The molecule has 0 spiro atoms. The quantitative estimate of drug-likeness (QED) is 0.483. The fourth-order valence-corrected chi connectivity index (χ4v) is 0.886. The summed E-state index contributed by atoms with van der Waals surface area (Å²) in [6, 6.07) is 1.92. The third kappa shape index (κ3) is 2.57. The molecule has 0 fully saturated rings. The van der Waals surface area contributed by atoms with Gasteiger partial charge in [0.1, 0.15) is 0 Å². The predicted molar refractivity (Wildman–Crippen MR) is 43.6 cm³/mol. The van der Waals surface area contributed by atoms with E-state index < -0.39 is 5.91 Å². The van der Waals surface area contributed by atoms with Gasteiger partial charge in [0, 0.05) is 18.9 Å². The Bertz CT molecular complexity index is 254. The zero-order valence-corrected chi connectivity index (χ0v) is 6.54. The minimum atomic E-state index is -0.564. The fourth-order valence-electron chi connectivity index (χ4n) is 0.886. The molecule has 1 heterocycles. The highest BCUT2D eigenvalue weighted by Crippen LogP contribution is 1.95.